The molecule has 10 aromatic rings. The Morgan fingerprint density at radius 2 is 0.914 bits per heavy atom. The number of nitrogens with one attached hydrogen (secondary N) is 2. The highest BCUT2D eigenvalue weighted by Gasteiger charge is 2.21. The molecule has 0 radical (unpaired) electrons. The number of aryl methyl sites for hydroxylation is 6. The van der Waals surface area contributed by atoms with Gasteiger partial charge in [0.15, 0.2) is 0 Å². The normalized spacial score (nSPS) is 12.6. The number of phenols is 2. The smallest absolute Gasteiger partial charge is 0.127 e. The first-order valence-corrected chi connectivity index (χ1v) is 25.0. The number of fused-ring (bicyclic) bond motifs is 8. The standard InChI is InChI=1S/C20H19N.C17H17NO.C16H16.C13H14O/c1-13-3-4-16-10-17-6-5-15(11-20(17)19(16)9-13)14(2)18-7-8-21-12-18;1-11-9-16(12(2)13-7-8-18-10-13)17(19)15-6-4-3-5-14(11)15;1-3-12-5-7-14-10-13-6-4-11(2)8-15(13)16(14)9-12;1-3-10-8-9(2)11-6-4-5-7-12(11)13(10)14/h3-9,11-12,14,21H,10H2,1-2H3;3-10,12,18-19H,1-2H3;4-9H,3,10H2,1-2H3;4-8,14H,3H2,1-2H3. The van der Waals surface area contributed by atoms with Gasteiger partial charge in [-0.25, -0.2) is 0 Å². The van der Waals surface area contributed by atoms with E-state index in [1.807, 2.05) is 61.1 Å². The fraction of sp³-hybridized carbons (Fsp3) is 0.212. The van der Waals surface area contributed by atoms with Gasteiger partial charge in [-0.2, -0.15) is 0 Å². The summed E-state index contributed by atoms with van der Waals surface area (Å²) in [6, 6.07) is 51.9. The van der Waals surface area contributed by atoms with Gasteiger partial charge in [-0.3, -0.25) is 0 Å². The van der Waals surface area contributed by atoms with Crippen molar-refractivity contribution in [1.29, 1.82) is 0 Å². The van der Waals surface area contributed by atoms with Crippen LogP contribution in [-0.4, -0.2) is 20.2 Å². The second-order valence-corrected chi connectivity index (χ2v) is 19.4. The number of phenolic OH excluding ortho intramolecular Hbond substituents is 2. The number of aromatic nitrogens is 2. The number of rotatable bonds is 6. The van der Waals surface area contributed by atoms with E-state index in [1.165, 1.54) is 89.0 Å². The molecule has 2 atom stereocenters. The van der Waals surface area contributed by atoms with E-state index < -0.39 is 0 Å². The predicted octanol–water partition coefficient (Wildman–Crippen LogP) is 16.9. The van der Waals surface area contributed by atoms with Gasteiger partial charge in [0.1, 0.15) is 11.5 Å². The Hall–Kier alpha value is -7.56. The molecule has 2 aromatic heterocycles. The van der Waals surface area contributed by atoms with Crippen molar-refractivity contribution >= 4 is 21.5 Å². The van der Waals surface area contributed by atoms with Crippen LogP contribution >= 0.6 is 0 Å². The fourth-order valence-corrected chi connectivity index (χ4v) is 10.5. The minimum absolute atomic E-state index is 0.176. The second-order valence-electron chi connectivity index (χ2n) is 19.4. The van der Waals surface area contributed by atoms with Crippen molar-refractivity contribution in [2.45, 2.75) is 92.9 Å². The molecule has 0 spiro atoms. The van der Waals surface area contributed by atoms with Crippen molar-refractivity contribution in [3.8, 4) is 33.8 Å². The fourth-order valence-electron chi connectivity index (χ4n) is 10.5. The largest absolute Gasteiger partial charge is 0.507 e. The molecule has 4 nitrogen and oxygen atoms in total. The van der Waals surface area contributed by atoms with E-state index in [0.29, 0.717) is 17.4 Å². The summed E-state index contributed by atoms with van der Waals surface area (Å²) in [4.78, 5) is 6.23. The van der Waals surface area contributed by atoms with Crippen LogP contribution in [0.15, 0.2) is 170 Å². The lowest BCUT2D eigenvalue weighted by atomic mass is 9.90. The molecule has 4 N–H and O–H groups in total. The van der Waals surface area contributed by atoms with Gasteiger partial charge in [-0.05, 0) is 160 Å². The van der Waals surface area contributed by atoms with Crippen molar-refractivity contribution in [1.82, 2.24) is 9.97 Å². The molecule has 12 rings (SSSR count). The number of hydrogen-bond acceptors (Lipinski definition) is 2. The highest BCUT2D eigenvalue weighted by Crippen LogP contribution is 2.41. The van der Waals surface area contributed by atoms with E-state index in [9.17, 15) is 10.2 Å². The SMILES string of the molecule is CCc1cc(C)c2ccccc2c1O.CCc1ccc2c(c1)-c1cc(C)ccc1C2.Cc1cc(C(C)c2cc[nH]c2)c(O)c2ccccc12.Cc1ccc2c(c1)-c1cc(C(C)c3cc[nH]c3)ccc1C2. The molecule has 2 heterocycles. The van der Waals surface area contributed by atoms with Crippen LogP contribution in [0.1, 0.15) is 117 Å². The van der Waals surface area contributed by atoms with Crippen molar-refractivity contribution < 1.29 is 10.2 Å². The zero-order valence-corrected chi connectivity index (χ0v) is 42.0. The first-order valence-electron chi connectivity index (χ1n) is 25.0. The number of aromatic hydroxyl groups is 2. The average Bonchev–Trinajstić information content (AvgIpc) is 4.24. The Morgan fingerprint density at radius 1 is 0.443 bits per heavy atom. The van der Waals surface area contributed by atoms with Crippen LogP contribution in [0.25, 0.3) is 43.8 Å². The van der Waals surface area contributed by atoms with Gasteiger partial charge in [-0.15, -0.1) is 0 Å². The number of benzene rings is 8. The van der Waals surface area contributed by atoms with Crippen LogP contribution in [0.2, 0.25) is 0 Å². The van der Waals surface area contributed by atoms with Gasteiger partial charge in [0.2, 0.25) is 0 Å². The molecule has 0 aliphatic heterocycles. The van der Waals surface area contributed by atoms with Crippen molar-refractivity contribution in [2.75, 3.05) is 0 Å². The summed E-state index contributed by atoms with van der Waals surface area (Å²) in [7, 11) is 0. The first-order chi connectivity index (χ1) is 33.9. The lowest BCUT2D eigenvalue weighted by molar-refractivity contribution is 0.472. The molecular weight excluding hydrogens is 853 g/mol. The highest BCUT2D eigenvalue weighted by atomic mass is 16.3. The lowest BCUT2D eigenvalue weighted by Crippen LogP contribution is -1.97. The third kappa shape index (κ3) is 9.69. The van der Waals surface area contributed by atoms with Gasteiger partial charge < -0.3 is 20.2 Å². The quantitative estimate of drug-likeness (QED) is 0.134. The Morgan fingerprint density at radius 3 is 1.44 bits per heavy atom. The summed E-state index contributed by atoms with van der Waals surface area (Å²) in [6.45, 7) is 17.2. The molecular formula is C66H66N2O2. The minimum Gasteiger partial charge on any atom is -0.507 e. The third-order valence-electron chi connectivity index (χ3n) is 14.7. The van der Waals surface area contributed by atoms with Crippen LogP contribution in [-0.2, 0) is 25.7 Å². The minimum atomic E-state index is 0.176. The molecule has 4 heteroatoms. The van der Waals surface area contributed by atoms with Crippen LogP contribution in [0, 0.1) is 27.7 Å². The van der Waals surface area contributed by atoms with E-state index in [4.69, 9.17) is 0 Å². The van der Waals surface area contributed by atoms with E-state index in [-0.39, 0.29) is 5.92 Å². The molecule has 70 heavy (non-hydrogen) atoms. The lowest BCUT2D eigenvalue weighted by Gasteiger charge is -2.16. The zero-order chi connectivity index (χ0) is 49.1. The van der Waals surface area contributed by atoms with E-state index in [0.717, 1.165) is 58.4 Å². The molecule has 2 unspecified atom stereocenters. The average molecular weight is 919 g/mol. The summed E-state index contributed by atoms with van der Waals surface area (Å²) in [6.07, 6.45) is 12.2. The molecule has 2 aliphatic rings. The molecule has 2 aliphatic carbocycles. The molecule has 352 valence electrons. The van der Waals surface area contributed by atoms with E-state index in [2.05, 4.69) is 175 Å². The summed E-state index contributed by atoms with van der Waals surface area (Å²) in [5.74, 6) is 1.44. The maximum atomic E-state index is 10.5. The van der Waals surface area contributed by atoms with Gasteiger partial charge in [-0.1, -0.05) is 172 Å². The summed E-state index contributed by atoms with van der Waals surface area (Å²) < 4.78 is 0. The van der Waals surface area contributed by atoms with Crippen LogP contribution in [0.3, 0.4) is 0 Å². The first kappa shape index (κ1) is 47.5. The summed E-state index contributed by atoms with van der Waals surface area (Å²) in [5.41, 5.74) is 24.1. The van der Waals surface area contributed by atoms with Crippen LogP contribution < -0.4 is 0 Å². The van der Waals surface area contributed by atoms with Crippen LogP contribution in [0.4, 0.5) is 0 Å². The Balaban J connectivity index is 0.000000117. The maximum absolute atomic E-state index is 10.5. The number of aromatic amines is 2. The molecule has 8 aromatic carbocycles. The van der Waals surface area contributed by atoms with E-state index in [1.54, 1.807) is 0 Å². The Kier molecular flexibility index (Phi) is 14.0. The molecule has 0 fully saturated rings. The van der Waals surface area contributed by atoms with Crippen molar-refractivity contribution in [3.63, 3.8) is 0 Å². The third-order valence-corrected chi connectivity index (χ3v) is 14.7. The Labute approximate surface area is 414 Å². The maximum Gasteiger partial charge on any atom is 0.127 e. The van der Waals surface area contributed by atoms with Gasteiger partial charge in [0.25, 0.3) is 0 Å². The van der Waals surface area contributed by atoms with Gasteiger partial charge in [0, 0.05) is 53.0 Å². The molecule has 0 bridgehead atoms. The monoisotopic (exact) mass is 919 g/mol. The van der Waals surface area contributed by atoms with Crippen molar-refractivity contribution in [2.24, 2.45) is 0 Å². The van der Waals surface area contributed by atoms with Crippen LogP contribution in [0.5, 0.6) is 11.5 Å². The van der Waals surface area contributed by atoms with Gasteiger partial charge in [0.05, 0.1) is 0 Å². The number of hydrogen-bond donors (Lipinski definition) is 4. The predicted molar refractivity (Wildman–Crippen MR) is 295 cm³/mol. The van der Waals surface area contributed by atoms with E-state index >= 15 is 0 Å². The second kappa shape index (κ2) is 20.6. The molecule has 0 amide bonds. The summed E-state index contributed by atoms with van der Waals surface area (Å²) >= 11 is 0. The summed E-state index contributed by atoms with van der Waals surface area (Å²) in [5, 5.41) is 24.7. The Bertz CT molecular complexity index is 3450. The molecule has 0 saturated carbocycles. The van der Waals surface area contributed by atoms with Gasteiger partial charge >= 0.3 is 0 Å². The van der Waals surface area contributed by atoms with Crippen molar-refractivity contribution in [3.05, 3.63) is 248 Å². The highest BCUT2D eigenvalue weighted by molar-refractivity contribution is 5.93. The number of H-pyrrole nitrogens is 2. The molecule has 0 saturated heterocycles. The zero-order valence-electron chi connectivity index (χ0n) is 42.0. The topological polar surface area (TPSA) is 72.0 Å².